The van der Waals surface area contributed by atoms with Crippen LogP contribution in [-0.4, -0.2) is 20.8 Å². The summed E-state index contributed by atoms with van der Waals surface area (Å²) in [7, 11) is 0. The van der Waals surface area contributed by atoms with E-state index in [1.807, 2.05) is 6.33 Å². The van der Waals surface area contributed by atoms with Gasteiger partial charge in [0.2, 0.25) is 0 Å². The van der Waals surface area contributed by atoms with E-state index >= 15 is 0 Å². The maximum atomic E-state index is 5.84. The normalized spacial score (nSPS) is 25.3. The van der Waals surface area contributed by atoms with Gasteiger partial charge in [-0.2, -0.15) is 0 Å². The lowest BCUT2D eigenvalue weighted by Crippen LogP contribution is -2.16. The Bertz CT molecular complexity index is 353. The van der Waals surface area contributed by atoms with E-state index in [1.165, 1.54) is 0 Å². The van der Waals surface area contributed by atoms with E-state index in [4.69, 9.17) is 5.73 Å². The minimum atomic E-state index is 0.180. The molecule has 0 bridgehead atoms. The molecule has 4 heteroatoms. The number of aromatic nitrogens is 3. The topological polar surface area (TPSA) is 56.7 Å². The van der Waals surface area contributed by atoms with Crippen molar-refractivity contribution < 1.29 is 0 Å². The molecule has 2 rings (SSSR count). The Morgan fingerprint density at radius 2 is 2.33 bits per heavy atom. The second-order valence-corrected chi connectivity index (χ2v) is 4.63. The van der Waals surface area contributed by atoms with Crippen LogP contribution in [0.25, 0.3) is 0 Å². The van der Waals surface area contributed by atoms with Crippen LogP contribution >= 0.6 is 0 Å². The Labute approximate surface area is 90.2 Å². The molecule has 0 aliphatic heterocycles. The number of hydrogen-bond donors (Lipinski definition) is 1. The molecule has 15 heavy (non-hydrogen) atoms. The average molecular weight is 206 g/mol. The summed E-state index contributed by atoms with van der Waals surface area (Å²) < 4.78 is 2.14. The van der Waals surface area contributed by atoms with Gasteiger partial charge in [-0.25, -0.2) is 0 Å². The van der Waals surface area contributed by atoms with E-state index in [0.717, 1.165) is 18.8 Å². The fraction of sp³-hybridized carbons (Fsp3) is 0.636. The zero-order chi connectivity index (χ0) is 10.8. The van der Waals surface area contributed by atoms with Gasteiger partial charge in [0.1, 0.15) is 12.2 Å². The van der Waals surface area contributed by atoms with Crippen LogP contribution in [0, 0.1) is 5.92 Å². The third-order valence-electron chi connectivity index (χ3n) is 2.66. The first kappa shape index (κ1) is 10.4. The highest BCUT2D eigenvalue weighted by Gasteiger charge is 2.22. The Hall–Kier alpha value is -1.16. The molecule has 1 aliphatic carbocycles. The summed E-state index contributed by atoms with van der Waals surface area (Å²) in [5, 5.41) is 8.17. The minimum absolute atomic E-state index is 0.180. The van der Waals surface area contributed by atoms with E-state index in [9.17, 15) is 0 Å². The van der Waals surface area contributed by atoms with Crippen molar-refractivity contribution in [1.29, 1.82) is 0 Å². The van der Waals surface area contributed by atoms with Crippen molar-refractivity contribution in [1.82, 2.24) is 14.8 Å². The lowest BCUT2D eigenvalue weighted by Gasteiger charge is -2.12. The fourth-order valence-electron chi connectivity index (χ4n) is 2.00. The van der Waals surface area contributed by atoms with Crippen LogP contribution in [0.4, 0.5) is 0 Å². The molecule has 1 aromatic heterocycles. The van der Waals surface area contributed by atoms with Gasteiger partial charge < -0.3 is 10.3 Å². The van der Waals surface area contributed by atoms with Crippen molar-refractivity contribution in [2.45, 2.75) is 38.8 Å². The molecule has 2 N–H and O–H groups in total. The van der Waals surface area contributed by atoms with Gasteiger partial charge in [-0.1, -0.05) is 26.0 Å². The van der Waals surface area contributed by atoms with Gasteiger partial charge in [0, 0.05) is 18.5 Å². The van der Waals surface area contributed by atoms with Crippen molar-refractivity contribution >= 4 is 0 Å². The SMILES string of the molecule is CC(C)Cn1cnnc1C1C=CC(N)C1. The number of allylic oxidation sites excluding steroid dienone is 1. The smallest absolute Gasteiger partial charge is 0.139 e. The van der Waals surface area contributed by atoms with Crippen LogP contribution in [-0.2, 0) is 6.54 Å². The molecule has 0 saturated carbocycles. The van der Waals surface area contributed by atoms with E-state index in [1.54, 1.807) is 0 Å². The highest BCUT2D eigenvalue weighted by Crippen LogP contribution is 2.26. The first-order valence-electron chi connectivity index (χ1n) is 5.48. The molecule has 0 radical (unpaired) electrons. The predicted octanol–water partition coefficient (Wildman–Crippen LogP) is 1.30. The lowest BCUT2D eigenvalue weighted by molar-refractivity contribution is 0.495. The third-order valence-corrected chi connectivity index (χ3v) is 2.66. The molecule has 0 saturated heterocycles. The van der Waals surface area contributed by atoms with Crippen LogP contribution < -0.4 is 5.73 Å². The van der Waals surface area contributed by atoms with Crippen molar-refractivity contribution in [3.63, 3.8) is 0 Å². The summed E-state index contributed by atoms with van der Waals surface area (Å²) in [5.74, 6) is 2.01. The maximum absolute atomic E-state index is 5.84. The predicted molar refractivity (Wildman–Crippen MR) is 59.3 cm³/mol. The molecule has 2 unspecified atom stereocenters. The summed E-state index contributed by atoms with van der Waals surface area (Å²) >= 11 is 0. The van der Waals surface area contributed by atoms with Gasteiger partial charge in [-0.15, -0.1) is 10.2 Å². The molecule has 1 aliphatic rings. The minimum Gasteiger partial charge on any atom is -0.324 e. The Morgan fingerprint density at radius 3 is 2.93 bits per heavy atom. The second kappa shape index (κ2) is 4.14. The maximum Gasteiger partial charge on any atom is 0.139 e. The lowest BCUT2D eigenvalue weighted by atomic mass is 10.1. The summed E-state index contributed by atoms with van der Waals surface area (Å²) in [6.07, 6.45) is 6.97. The fourth-order valence-corrected chi connectivity index (χ4v) is 2.00. The Kier molecular flexibility index (Phi) is 2.86. The van der Waals surface area contributed by atoms with E-state index in [0.29, 0.717) is 11.8 Å². The van der Waals surface area contributed by atoms with Crippen molar-refractivity contribution in [3.05, 3.63) is 24.3 Å². The van der Waals surface area contributed by atoms with Crippen LogP contribution in [0.15, 0.2) is 18.5 Å². The van der Waals surface area contributed by atoms with E-state index in [2.05, 4.69) is 40.8 Å². The summed E-state index contributed by atoms with van der Waals surface area (Å²) in [5.41, 5.74) is 5.84. The van der Waals surface area contributed by atoms with Crippen molar-refractivity contribution in [2.75, 3.05) is 0 Å². The van der Waals surface area contributed by atoms with Crippen LogP contribution in [0.5, 0.6) is 0 Å². The quantitative estimate of drug-likeness (QED) is 0.758. The first-order valence-corrected chi connectivity index (χ1v) is 5.48. The van der Waals surface area contributed by atoms with Crippen LogP contribution in [0.2, 0.25) is 0 Å². The number of nitrogens with zero attached hydrogens (tertiary/aromatic N) is 3. The summed E-state index contributed by atoms with van der Waals surface area (Å²) in [6, 6.07) is 0.180. The van der Waals surface area contributed by atoms with Gasteiger partial charge in [0.05, 0.1) is 0 Å². The highest BCUT2D eigenvalue weighted by atomic mass is 15.3. The number of hydrogen-bond acceptors (Lipinski definition) is 3. The Morgan fingerprint density at radius 1 is 1.53 bits per heavy atom. The molecule has 1 aromatic rings. The monoisotopic (exact) mass is 206 g/mol. The average Bonchev–Trinajstić information content (AvgIpc) is 2.72. The van der Waals surface area contributed by atoms with Crippen LogP contribution in [0.3, 0.4) is 0 Å². The molecule has 4 nitrogen and oxygen atoms in total. The molecular weight excluding hydrogens is 188 g/mol. The molecule has 0 aromatic carbocycles. The Balaban J connectivity index is 2.14. The number of nitrogens with two attached hydrogens (primary N) is 1. The molecule has 2 atom stereocenters. The molecule has 0 spiro atoms. The largest absolute Gasteiger partial charge is 0.324 e. The van der Waals surface area contributed by atoms with E-state index < -0.39 is 0 Å². The summed E-state index contributed by atoms with van der Waals surface area (Å²) in [4.78, 5) is 0. The highest BCUT2D eigenvalue weighted by molar-refractivity contribution is 5.17. The van der Waals surface area contributed by atoms with Crippen LogP contribution in [0.1, 0.15) is 32.0 Å². The van der Waals surface area contributed by atoms with Crippen molar-refractivity contribution in [3.8, 4) is 0 Å². The number of rotatable bonds is 3. The molecule has 0 fully saturated rings. The standard InChI is InChI=1S/C11H18N4/c1-8(2)6-15-7-13-14-11(15)9-3-4-10(12)5-9/h3-4,7-10H,5-6,12H2,1-2H3. The summed E-state index contributed by atoms with van der Waals surface area (Å²) in [6.45, 7) is 5.36. The van der Waals surface area contributed by atoms with Crippen molar-refractivity contribution in [2.24, 2.45) is 11.7 Å². The second-order valence-electron chi connectivity index (χ2n) is 4.63. The molecule has 82 valence electrons. The van der Waals surface area contributed by atoms with Gasteiger partial charge in [0.15, 0.2) is 0 Å². The van der Waals surface area contributed by atoms with Gasteiger partial charge in [0.25, 0.3) is 0 Å². The van der Waals surface area contributed by atoms with Gasteiger partial charge in [-0.3, -0.25) is 0 Å². The third kappa shape index (κ3) is 2.26. The zero-order valence-corrected chi connectivity index (χ0v) is 9.30. The molecule has 0 amide bonds. The molecular formula is C11H18N4. The zero-order valence-electron chi connectivity index (χ0n) is 9.30. The van der Waals surface area contributed by atoms with Gasteiger partial charge in [-0.05, 0) is 12.3 Å². The van der Waals surface area contributed by atoms with Gasteiger partial charge >= 0.3 is 0 Å². The van der Waals surface area contributed by atoms with E-state index in [-0.39, 0.29) is 6.04 Å². The molecule has 1 heterocycles. The first-order chi connectivity index (χ1) is 7.16.